The second-order valence-electron chi connectivity index (χ2n) is 6.38. The van der Waals surface area contributed by atoms with Crippen molar-refractivity contribution in [3.8, 4) is 11.5 Å². The van der Waals surface area contributed by atoms with Crippen LogP contribution >= 0.6 is 0 Å². The molecule has 29 heavy (non-hydrogen) atoms. The number of phenolic OH excluding ortho intramolecular Hbond substituents is 1. The van der Waals surface area contributed by atoms with Crippen LogP contribution in [0, 0.1) is 6.92 Å². The van der Waals surface area contributed by atoms with E-state index >= 15 is 0 Å². The lowest BCUT2D eigenvalue weighted by Gasteiger charge is -2.12. The first kappa shape index (κ1) is 19.9. The van der Waals surface area contributed by atoms with Gasteiger partial charge in [0.15, 0.2) is 0 Å². The minimum Gasteiger partial charge on any atom is -0.506 e. The number of nitrogens with one attached hydrogen (secondary N) is 2. The quantitative estimate of drug-likeness (QED) is 0.537. The number of anilines is 2. The summed E-state index contributed by atoms with van der Waals surface area (Å²) in [6.07, 6.45) is 0. The molecule has 0 aliphatic rings. The lowest BCUT2D eigenvalue weighted by Crippen LogP contribution is -2.15. The maximum absolute atomic E-state index is 12.6. The van der Waals surface area contributed by atoms with Gasteiger partial charge in [0, 0.05) is 17.3 Å². The van der Waals surface area contributed by atoms with Gasteiger partial charge in [0.25, 0.3) is 11.8 Å². The predicted molar refractivity (Wildman–Crippen MR) is 113 cm³/mol. The summed E-state index contributed by atoms with van der Waals surface area (Å²) in [6.45, 7) is 4.13. The zero-order valence-electron chi connectivity index (χ0n) is 16.2. The van der Waals surface area contributed by atoms with Crippen molar-refractivity contribution >= 4 is 23.2 Å². The molecule has 0 aromatic heterocycles. The number of para-hydroxylation sites is 1. The largest absolute Gasteiger partial charge is 0.506 e. The molecule has 3 rings (SSSR count). The fourth-order valence-corrected chi connectivity index (χ4v) is 2.87. The predicted octanol–water partition coefficient (Wildman–Crippen LogP) is 4.60. The molecular formula is C23H22N2O4. The number of carbonyl (C=O) groups is 2. The van der Waals surface area contributed by atoms with Crippen LogP contribution in [0.4, 0.5) is 11.4 Å². The summed E-state index contributed by atoms with van der Waals surface area (Å²) in [5.74, 6) is -0.340. The van der Waals surface area contributed by atoms with Crippen molar-refractivity contribution in [3.05, 3.63) is 83.4 Å². The van der Waals surface area contributed by atoms with Gasteiger partial charge in [-0.1, -0.05) is 30.3 Å². The molecule has 3 aromatic rings. The molecule has 0 saturated heterocycles. The number of hydrogen-bond donors (Lipinski definition) is 3. The zero-order chi connectivity index (χ0) is 20.8. The summed E-state index contributed by atoms with van der Waals surface area (Å²) >= 11 is 0. The highest BCUT2D eigenvalue weighted by Crippen LogP contribution is 2.28. The maximum Gasteiger partial charge on any atom is 0.259 e. The number of aromatic hydroxyl groups is 1. The molecule has 0 heterocycles. The Morgan fingerprint density at radius 3 is 2.24 bits per heavy atom. The first-order valence-electron chi connectivity index (χ1n) is 9.22. The first-order chi connectivity index (χ1) is 14.0. The van der Waals surface area contributed by atoms with E-state index in [1.807, 2.05) is 26.0 Å². The fourth-order valence-electron chi connectivity index (χ4n) is 2.87. The Balaban J connectivity index is 1.74. The van der Waals surface area contributed by atoms with E-state index in [9.17, 15) is 14.7 Å². The minimum absolute atomic E-state index is 0.150. The van der Waals surface area contributed by atoms with Gasteiger partial charge in [-0.3, -0.25) is 9.59 Å². The highest BCUT2D eigenvalue weighted by Gasteiger charge is 2.14. The average molecular weight is 390 g/mol. The van der Waals surface area contributed by atoms with Gasteiger partial charge in [-0.25, -0.2) is 0 Å². The maximum atomic E-state index is 12.6. The van der Waals surface area contributed by atoms with Crippen LogP contribution in [0.15, 0.2) is 66.7 Å². The van der Waals surface area contributed by atoms with Crippen LogP contribution in [0.3, 0.4) is 0 Å². The third kappa shape index (κ3) is 4.73. The van der Waals surface area contributed by atoms with Crippen LogP contribution in [0.25, 0.3) is 0 Å². The normalized spacial score (nSPS) is 10.3. The molecule has 6 nitrogen and oxygen atoms in total. The number of ether oxygens (including phenoxy) is 1. The summed E-state index contributed by atoms with van der Waals surface area (Å²) in [7, 11) is 0. The van der Waals surface area contributed by atoms with Gasteiger partial charge in [0.05, 0.1) is 17.9 Å². The topological polar surface area (TPSA) is 87.7 Å². The van der Waals surface area contributed by atoms with Crippen LogP contribution in [0.2, 0.25) is 0 Å². The van der Waals surface area contributed by atoms with E-state index in [2.05, 4.69) is 10.6 Å². The second-order valence-corrected chi connectivity index (χ2v) is 6.38. The summed E-state index contributed by atoms with van der Waals surface area (Å²) < 4.78 is 5.48. The molecule has 0 unspecified atom stereocenters. The molecule has 3 N–H and O–H groups in total. The van der Waals surface area contributed by atoms with E-state index in [1.54, 1.807) is 42.5 Å². The third-order valence-corrected chi connectivity index (χ3v) is 4.33. The van der Waals surface area contributed by atoms with Crippen molar-refractivity contribution in [2.75, 3.05) is 17.2 Å². The number of amides is 2. The standard InChI is InChI=1S/C23H22N2O4/c1-3-29-21-11-7-6-10-18(21)23(28)24-16-12-13-19(20(26)14-16)25-22(27)17-9-5-4-8-15(17)2/h4-14,26H,3H2,1-2H3,(H,24,28)(H,25,27). The molecule has 0 radical (unpaired) electrons. The van der Waals surface area contributed by atoms with Crippen LogP contribution in [-0.4, -0.2) is 23.5 Å². The number of rotatable bonds is 6. The molecular weight excluding hydrogens is 368 g/mol. The van der Waals surface area contributed by atoms with Crippen LogP contribution in [0.5, 0.6) is 11.5 Å². The Morgan fingerprint density at radius 2 is 1.55 bits per heavy atom. The summed E-state index contributed by atoms with van der Waals surface area (Å²) in [6, 6.07) is 18.6. The van der Waals surface area contributed by atoms with Gasteiger partial charge in [0.2, 0.25) is 0 Å². The zero-order valence-corrected chi connectivity index (χ0v) is 16.2. The molecule has 0 aliphatic carbocycles. The number of aryl methyl sites for hydroxylation is 1. The SMILES string of the molecule is CCOc1ccccc1C(=O)Nc1ccc(NC(=O)c2ccccc2C)c(O)c1. The van der Waals surface area contributed by atoms with Gasteiger partial charge in [-0.2, -0.15) is 0 Å². The number of carbonyl (C=O) groups excluding carboxylic acids is 2. The number of phenols is 1. The van der Waals surface area contributed by atoms with E-state index < -0.39 is 0 Å². The minimum atomic E-state index is -0.356. The monoisotopic (exact) mass is 390 g/mol. The Labute approximate surface area is 169 Å². The molecule has 3 aromatic carbocycles. The Bertz CT molecular complexity index is 1050. The summed E-state index contributed by atoms with van der Waals surface area (Å²) in [4.78, 5) is 25.0. The van der Waals surface area contributed by atoms with Crippen molar-refractivity contribution in [1.82, 2.24) is 0 Å². The highest BCUT2D eigenvalue weighted by atomic mass is 16.5. The van der Waals surface area contributed by atoms with E-state index in [-0.39, 0.29) is 23.3 Å². The van der Waals surface area contributed by atoms with Gasteiger partial charge in [-0.15, -0.1) is 0 Å². The van der Waals surface area contributed by atoms with E-state index in [4.69, 9.17) is 4.74 Å². The van der Waals surface area contributed by atoms with E-state index in [0.717, 1.165) is 5.56 Å². The van der Waals surface area contributed by atoms with Crippen molar-refractivity contribution in [2.24, 2.45) is 0 Å². The summed E-state index contributed by atoms with van der Waals surface area (Å²) in [5.41, 5.74) is 2.41. The molecule has 0 bridgehead atoms. The van der Waals surface area contributed by atoms with Crippen molar-refractivity contribution in [3.63, 3.8) is 0 Å². The van der Waals surface area contributed by atoms with Gasteiger partial charge >= 0.3 is 0 Å². The third-order valence-electron chi connectivity index (χ3n) is 4.33. The highest BCUT2D eigenvalue weighted by molar-refractivity contribution is 6.07. The Morgan fingerprint density at radius 1 is 0.897 bits per heavy atom. The van der Waals surface area contributed by atoms with Crippen molar-refractivity contribution in [2.45, 2.75) is 13.8 Å². The van der Waals surface area contributed by atoms with Crippen molar-refractivity contribution in [1.29, 1.82) is 0 Å². The molecule has 0 aliphatic heterocycles. The lowest BCUT2D eigenvalue weighted by atomic mass is 10.1. The molecule has 0 fully saturated rings. The lowest BCUT2D eigenvalue weighted by molar-refractivity contribution is 0.101. The van der Waals surface area contributed by atoms with Gasteiger partial charge in [0.1, 0.15) is 11.5 Å². The van der Waals surface area contributed by atoms with E-state index in [0.29, 0.717) is 29.2 Å². The molecule has 0 saturated carbocycles. The van der Waals surface area contributed by atoms with Crippen molar-refractivity contribution < 1.29 is 19.4 Å². The number of hydrogen-bond acceptors (Lipinski definition) is 4. The summed E-state index contributed by atoms with van der Waals surface area (Å²) in [5, 5.41) is 15.7. The first-order valence-corrected chi connectivity index (χ1v) is 9.22. The fraction of sp³-hybridized carbons (Fsp3) is 0.130. The average Bonchev–Trinajstić information content (AvgIpc) is 2.71. The molecule has 6 heteroatoms. The molecule has 148 valence electrons. The Kier molecular flexibility index (Phi) is 6.14. The van der Waals surface area contributed by atoms with Gasteiger partial charge < -0.3 is 20.5 Å². The smallest absolute Gasteiger partial charge is 0.259 e. The van der Waals surface area contributed by atoms with Crippen LogP contribution in [0.1, 0.15) is 33.2 Å². The second kappa shape index (κ2) is 8.93. The molecule has 2 amide bonds. The molecule has 0 spiro atoms. The van der Waals surface area contributed by atoms with Gasteiger partial charge in [-0.05, 0) is 49.7 Å². The number of benzene rings is 3. The van der Waals surface area contributed by atoms with Crippen LogP contribution in [-0.2, 0) is 0 Å². The molecule has 0 atom stereocenters. The van der Waals surface area contributed by atoms with E-state index in [1.165, 1.54) is 12.1 Å². The Hall–Kier alpha value is -3.80. The van der Waals surface area contributed by atoms with Crippen LogP contribution < -0.4 is 15.4 Å².